The van der Waals surface area contributed by atoms with Crippen LogP contribution in [-0.2, 0) is 11.3 Å². The number of aliphatic carboxylic acids is 1. The third kappa shape index (κ3) is 4.69. The fraction of sp³-hybridized carbons (Fsp3) is 0.421. The maximum Gasteiger partial charge on any atom is 0.305 e. The molecule has 1 heterocycles. The Kier molecular flexibility index (Phi) is 5.83. The Labute approximate surface area is 155 Å². The number of rotatable bonds is 7. The summed E-state index contributed by atoms with van der Waals surface area (Å²) in [5.41, 5.74) is 0.595. The Morgan fingerprint density at radius 3 is 2.59 bits per heavy atom. The molecular formula is C19H21F2N3O3. The Morgan fingerprint density at radius 1 is 1.19 bits per heavy atom. The number of carboxylic acid groups (broad SMARTS) is 1. The van der Waals surface area contributed by atoms with E-state index in [0.717, 1.165) is 37.8 Å². The van der Waals surface area contributed by atoms with Crippen molar-refractivity contribution < 1.29 is 23.5 Å². The molecule has 0 bridgehead atoms. The molecule has 1 fully saturated rings. The van der Waals surface area contributed by atoms with Gasteiger partial charge in [-0.15, -0.1) is 0 Å². The van der Waals surface area contributed by atoms with Gasteiger partial charge in [-0.3, -0.25) is 14.3 Å². The molecule has 1 N–H and O–H groups in total. The fourth-order valence-electron chi connectivity index (χ4n) is 3.33. The van der Waals surface area contributed by atoms with Crippen molar-refractivity contribution in [3.8, 4) is 0 Å². The first-order valence-electron chi connectivity index (χ1n) is 8.94. The SMILES string of the molecule is O=C(O)CCN(Cc1ccc(F)c(F)c1)C(=O)c1ccn(C2CCCC2)n1. The summed E-state index contributed by atoms with van der Waals surface area (Å²) in [6, 6.07) is 5.26. The highest BCUT2D eigenvalue weighted by Gasteiger charge is 2.23. The first-order valence-corrected chi connectivity index (χ1v) is 8.94. The van der Waals surface area contributed by atoms with Crippen molar-refractivity contribution >= 4 is 11.9 Å². The standard InChI is InChI=1S/C19H21F2N3O3/c20-15-6-5-13(11-16(15)21)12-23(9-8-18(25)26)19(27)17-7-10-24(22-17)14-3-1-2-4-14/h5-7,10-11,14H,1-4,8-9,12H2,(H,25,26). The number of carboxylic acids is 1. The van der Waals surface area contributed by atoms with Crippen LogP contribution in [0.1, 0.15) is 54.2 Å². The second-order valence-electron chi connectivity index (χ2n) is 6.74. The van der Waals surface area contributed by atoms with Crippen LogP contribution >= 0.6 is 0 Å². The van der Waals surface area contributed by atoms with Crippen molar-refractivity contribution in [1.82, 2.24) is 14.7 Å². The number of amides is 1. The maximum absolute atomic E-state index is 13.5. The lowest BCUT2D eigenvalue weighted by Gasteiger charge is -2.21. The smallest absolute Gasteiger partial charge is 0.305 e. The average Bonchev–Trinajstić information content (AvgIpc) is 3.32. The molecule has 1 aromatic carbocycles. The average molecular weight is 377 g/mol. The molecule has 1 saturated carbocycles. The summed E-state index contributed by atoms with van der Waals surface area (Å²) in [6.07, 6.45) is 5.82. The number of carbonyl (C=O) groups excluding carboxylic acids is 1. The van der Waals surface area contributed by atoms with E-state index in [0.29, 0.717) is 5.56 Å². The molecule has 1 aliphatic carbocycles. The predicted octanol–water partition coefficient (Wildman–Crippen LogP) is 3.39. The van der Waals surface area contributed by atoms with Crippen LogP contribution in [0.3, 0.4) is 0 Å². The zero-order valence-electron chi connectivity index (χ0n) is 14.8. The van der Waals surface area contributed by atoms with E-state index in [1.54, 1.807) is 16.9 Å². The molecule has 0 spiro atoms. The molecule has 144 valence electrons. The van der Waals surface area contributed by atoms with Crippen LogP contribution in [0.25, 0.3) is 0 Å². The fourth-order valence-corrected chi connectivity index (χ4v) is 3.33. The highest BCUT2D eigenvalue weighted by molar-refractivity contribution is 5.92. The van der Waals surface area contributed by atoms with Gasteiger partial charge in [-0.05, 0) is 36.6 Å². The number of aromatic nitrogens is 2. The van der Waals surface area contributed by atoms with E-state index in [1.807, 2.05) is 0 Å². The van der Waals surface area contributed by atoms with Crippen LogP contribution in [0.5, 0.6) is 0 Å². The van der Waals surface area contributed by atoms with Crippen LogP contribution in [0.4, 0.5) is 8.78 Å². The van der Waals surface area contributed by atoms with Crippen LogP contribution < -0.4 is 0 Å². The minimum Gasteiger partial charge on any atom is -0.481 e. The second kappa shape index (κ2) is 8.28. The lowest BCUT2D eigenvalue weighted by atomic mass is 10.2. The van der Waals surface area contributed by atoms with Gasteiger partial charge >= 0.3 is 5.97 Å². The topological polar surface area (TPSA) is 75.4 Å². The molecule has 1 aromatic heterocycles. The summed E-state index contributed by atoms with van der Waals surface area (Å²) in [5, 5.41) is 13.3. The van der Waals surface area contributed by atoms with Crippen LogP contribution in [-0.4, -0.2) is 38.2 Å². The van der Waals surface area contributed by atoms with Crippen LogP contribution in [0, 0.1) is 11.6 Å². The predicted molar refractivity (Wildman–Crippen MR) is 93.1 cm³/mol. The molecule has 1 aliphatic rings. The normalized spacial score (nSPS) is 14.4. The lowest BCUT2D eigenvalue weighted by molar-refractivity contribution is -0.137. The van der Waals surface area contributed by atoms with Crippen molar-refractivity contribution in [3.63, 3.8) is 0 Å². The monoisotopic (exact) mass is 377 g/mol. The number of hydrogen-bond donors (Lipinski definition) is 1. The van der Waals surface area contributed by atoms with Gasteiger partial charge in [0.15, 0.2) is 11.6 Å². The maximum atomic E-state index is 13.5. The molecule has 0 radical (unpaired) electrons. The highest BCUT2D eigenvalue weighted by Crippen LogP contribution is 2.28. The summed E-state index contributed by atoms with van der Waals surface area (Å²) >= 11 is 0. The van der Waals surface area contributed by atoms with E-state index in [2.05, 4.69) is 5.10 Å². The second-order valence-corrected chi connectivity index (χ2v) is 6.74. The van der Waals surface area contributed by atoms with Gasteiger partial charge in [0.05, 0.1) is 12.5 Å². The van der Waals surface area contributed by atoms with Gasteiger partial charge in [0.1, 0.15) is 5.69 Å². The number of benzene rings is 1. The molecule has 1 amide bonds. The summed E-state index contributed by atoms with van der Waals surface area (Å²) in [6.45, 7) is -0.0803. The molecule has 0 unspecified atom stereocenters. The van der Waals surface area contributed by atoms with Gasteiger partial charge in [0, 0.05) is 19.3 Å². The Balaban J connectivity index is 1.77. The van der Waals surface area contributed by atoms with E-state index < -0.39 is 23.5 Å². The minimum atomic E-state index is -1.05. The quantitative estimate of drug-likeness (QED) is 0.803. The van der Waals surface area contributed by atoms with E-state index >= 15 is 0 Å². The van der Waals surface area contributed by atoms with E-state index in [4.69, 9.17) is 5.11 Å². The molecule has 2 aromatic rings. The zero-order chi connectivity index (χ0) is 19.4. The number of carbonyl (C=O) groups is 2. The third-order valence-corrected chi connectivity index (χ3v) is 4.77. The van der Waals surface area contributed by atoms with Crippen molar-refractivity contribution in [3.05, 3.63) is 53.4 Å². The largest absolute Gasteiger partial charge is 0.481 e. The van der Waals surface area contributed by atoms with Gasteiger partial charge in [0.25, 0.3) is 5.91 Å². The van der Waals surface area contributed by atoms with E-state index in [-0.39, 0.29) is 31.2 Å². The molecule has 6 nitrogen and oxygen atoms in total. The molecule has 8 heteroatoms. The molecule has 3 rings (SSSR count). The number of halogens is 2. The first-order chi connectivity index (χ1) is 12.9. The van der Waals surface area contributed by atoms with Gasteiger partial charge < -0.3 is 10.0 Å². The third-order valence-electron chi connectivity index (χ3n) is 4.77. The molecule has 0 atom stereocenters. The van der Waals surface area contributed by atoms with E-state index in [1.165, 1.54) is 11.0 Å². The summed E-state index contributed by atoms with van der Waals surface area (Å²) in [7, 11) is 0. The summed E-state index contributed by atoms with van der Waals surface area (Å²) < 4.78 is 28.4. The molecule has 0 saturated heterocycles. The van der Waals surface area contributed by atoms with E-state index in [9.17, 15) is 18.4 Å². The van der Waals surface area contributed by atoms with Crippen molar-refractivity contribution in [1.29, 1.82) is 0 Å². The lowest BCUT2D eigenvalue weighted by Crippen LogP contribution is -2.33. The van der Waals surface area contributed by atoms with Gasteiger partial charge in [-0.1, -0.05) is 18.9 Å². The Hall–Kier alpha value is -2.77. The van der Waals surface area contributed by atoms with Crippen molar-refractivity contribution in [2.24, 2.45) is 0 Å². The van der Waals surface area contributed by atoms with Crippen LogP contribution in [0.15, 0.2) is 30.5 Å². The Bertz CT molecular complexity index is 831. The Morgan fingerprint density at radius 2 is 1.93 bits per heavy atom. The molecular weight excluding hydrogens is 356 g/mol. The van der Waals surface area contributed by atoms with Gasteiger partial charge in [-0.25, -0.2) is 8.78 Å². The molecule has 0 aliphatic heterocycles. The zero-order valence-corrected chi connectivity index (χ0v) is 14.8. The van der Waals surface area contributed by atoms with Crippen molar-refractivity contribution in [2.45, 2.75) is 44.7 Å². The van der Waals surface area contributed by atoms with Gasteiger partial charge in [-0.2, -0.15) is 5.10 Å². The van der Waals surface area contributed by atoms with Crippen molar-refractivity contribution in [2.75, 3.05) is 6.54 Å². The summed E-state index contributed by atoms with van der Waals surface area (Å²) in [5.74, 6) is -3.46. The van der Waals surface area contributed by atoms with Crippen LogP contribution in [0.2, 0.25) is 0 Å². The number of hydrogen-bond acceptors (Lipinski definition) is 3. The van der Waals surface area contributed by atoms with Gasteiger partial charge in [0.2, 0.25) is 0 Å². The minimum absolute atomic E-state index is 0.0282. The summed E-state index contributed by atoms with van der Waals surface area (Å²) in [4.78, 5) is 25.0. The highest BCUT2D eigenvalue weighted by atomic mass is 19.2. The number of nitrogens with zero attached hydrogens (tertiary/aromatic N) is 3. The molecule has 27 heavy (non-hydrogen) atoms. The first kappa shape index (κ1) is 19.0.